The summed E-state index contributed by atoms with van der Waals surface area (Å²) in [5.74, 6) is 3.28. The summed E-state index contributed by atoms with van der Waals surface area (Å²) in [6, 6.07) is 0. The van der Waals surface area contributed by atoms with Crippen molar-refractivity contribution >= 4 is 5.97 Å². The largest absolute Gasteiger partial charge is 0.459 e. The smallest absolute Gasteiger partial charge is 0.309 e. The number of ether oxygens (including phenoxy) is 1. The van der Waals surface area contributed by atoms with E-state index in [1.165, 1.54) is 6.42 Å². The van der Waals surface area contributed by atoms with Crippen LogP contribution in [0.4, 0.5) is 0 Å². The molecule has 3 heteroatoms. The lowest BCUT2D eigenvalue weighted by molar-refractivity contribution is -0.175. The molecule has 0 saturated heterocycles. The number of aliphatic hydroxyl groups is 1. The van der Waals surface area contributed by atoms with Gasteiger partial charge in [0.25, 0.3) is 0 Å². The summed E-state index contributed by atoms with van der Waals surface area (Å²) in [5, 5.41) is 9.74. The summed E-state index contributed by atoms with van der Waals surface area (Å²) in [5.41, 5.74) is -0.353. The predicted octanol–water partition coefficient (Wildman–Crippen LogP) is 4.18. The zero-order chi connectivity index (χ0) is 16.8. The van der Waals surface area contributed by atoms with E-state index in [1.807, 2.05) is 0 Å². The van der Waals surface area contributed by atoms with Gasteiger partial charge >= 0.3 is 5.97 Å². The van der Waals surface area contributed by atoms with Crippen LogP contribution in [-0.2, 0) is 9.53 Å². The van der Waals surface area contributed by atoms with Gasteiger partial charge in [-0.15, -0.1) is 0 Å². The van der Waals surface area contributed by atoms with Crippen LogP contribution in [0.15, 0.2) is 0 Å². The normalized spacial score (nSPS) is 45.7. The summed E-state index contributed by atoms with van der Waals surface area (Å²) in [7, 11) is 0. The molecule has 0 spiro atoms. The number of rotatable bonds is 4. The SMILES string of the molecule is CCC(C)(OC(=O)C1CC2CC1C(C)C2C)C1CCC(O)CC1. The number of aliphatic hydroxyl groups excluding tert-OH is 1. The molecule has 0 aromatic rings. The Bertz CT molecular complexity index is 438. The van der Waals surface area contributed by atoms with Crippen LogP contribution in [0.5, 0.6) is 0 Å². The monoisotopic (exact) mass is 322 g/mol. The van der Waals surface area contributed by atoms with E-state index in [0.717, 1.165) is 50.4 Å². The average Bonchev–Trinajstić information content (AvgIpc) is 3.08. The van der Waals surface area contributed by atoms with Crippen LogP contribution in [0.3, 0.4) is 0 Å². The first kappa shape index (κ1) is 17.3. The van der Waals surface area contributed by atoms with Crippen LogP contribution < -0.4 is 0 Å². The summed E-state index contributed by atoms with van der Waals surface area (Å²) >= 11 is 0. The van der Waals surface area contributed by atoms with Crippen molar-refractivity contribution in [2.75, 3.05) is 0 Å². The molecule has 3 rings (SSSR count). The van der Waals surface area contributed by atoms with Gasteiger partial charge in [0.05, 0.1) is 12.0 Å². The fraction of sp³-hybridized carbons (Fsp3) is 0.950. The Hall–Kier alpha value is -0.570. The van der Waals surface area contributed by atoms with Gasteiger partial charge < -0.3 is 9.84 Å². The van der Waals surface area contributed by atoms with Crippen LogP contribution in [0.25, 0.3) is 0 Å². The fourth-order valence-corrected chi connectivity index (χ4v) is 5.65. The minimum Gasteiger partial charge on any atom is -0.459 e. The molecule has 3 fully saturated rings. The first-order chi connectivity index (χ1) is 10.9. The number of carbonyl (C=O) groups is 1. The van der Waals surface area contributed by atoms with Crippen molar-refractivity contribution < 1.29 is 14.6 Å². The highest BCUT2D eigenvalue weighted by Crippen LogP contribution is 2.55. The van der Waals surface area contributed by atoms with Gasteiger partial charge in [0.1, 0.15) is 5.60 Å². The van der Waals surface area contributed by atoms with E-state index in [4.69, 9.17) is 4.74 Å². The lowest BCUT2D eigenvalue weighted by Gasteiger charge is -2.41. The maximum atomic E-state index is 12.9. The molecule has 3 nitrogen and oxygen atoms in total. The molecule has 3 saturated carbocycles. The fourth-order valence-electron chi connectivity index (χ4n) is 5.65. The third-order valence-corrected chi connectivity index (χ3v) is 7.80. The highest BCUT2D eigenvalue weighted by Gasteiger charge is 2.52. The van der Waals surface area contributed by atoms with E-state index in [0.29, 0.717) is 17.8 Å². The molecule has 6 atom stereocenters. The van der Waals surface area contributed by atoms with E-state index >= 15 is 0 Å². The first-order valence-electron chi connectivity index (χ1n) is 9.76. The molecule has 0 aromatic carbocycles. The first-order valence-corrected chi connectivity index (χ1v) is 9.76. The molecule has 3 aliphatic rings. The lowest BCUT2D eigenvalue weighted by atomic mass is 9.74. The molecular weight excluding hydrogens is 288 g/mol. The minimum absolute atomic E-state index is 0.0618. The van der Waals surface area contributed by atoms with Gasteiger partial charge in [0.2, 0.25) is 0 Å². The maximum Gasteiger partial charge on any atom is 0.309 e. The van der Waals surface area contributed by atoms with Gasteiger partial charge in [-0.05, 0) is 81.5 Å². The molecule has 132 valence electrons. The second-order valence-corrected chi connectivity index (χ2v) is 8.81. The second kappa shape index (κ2) is 6.38. The molecule has 0 amide bonds. The Morgan fingerprint density at radius 3 is 2.30 bits per heavy atom. The number of esters is 1. The quantitative estimate of drug-likeness (QED) is 0.790. The molecule has 3 aliphatic carbocycles. The van der Waals surface area contributed by atoms with Gasteiger partial charge in [0, 0.05) is 0 Å². The van der Waals surface area contributed by atoms with Crippen molar-refractivity contribution in [2.45, 2.75) is 84.3 Å². The molecule has 1 N–H and O–H groups in total. The highest BCUT2D eigenvalue weighted by molar-refractivity contribution is 5.74. The van der Waals surface area contributed by atoms with Crippen LogP contribution in [0, 0.1) is 35.5 Å². The van der Waals surface area contributed by atoms with Crippen molar-refractivity contribution in [3.8, 4) is 0 Å². The van der Waals surface area contributed by atoms with Crippen molar-refractivity contribution in [2.24, 2.45) is 35.5 Å². The van der Waals surface area contributed by atoms with Crippen LogP contribution in [-0.4, -0.2) is 22.8 Å². The number of carbonyl (C=O) groups excluding carboxylic acids is 1. The second-order valence-electron chi connectivity index (χ2n) is 8.81. The minimum atomic E-state index is -0.353. The Kier molecular flexibility index (Phi) is 4.79. The third kappa shape index (κ3) is 3.06. The number of hydrogen-bond donors (Lipinski definition) is 1. The Labute approximate surface area is 141 Å². The summed E-state index contributed by atoms with van der Waals surface area (Å²) in [6.07, 6.45) is 6.62. The maximum absolute atomic E-state index is 12.9. The van der Waals surface area contributed by atoms with Crippen LogP contribution in [0.1, 0.15) is 72.6 Å². The van der Waals surface area contributed by atoms with Gasteiger partial charge in [-0.2, -0.15) is 0 Å². The highest BCUT2D eigenvalue weighted by atomic mass is 16.6. The molecule has 0 heterocycles. The van der Waals surface area contributed by atoms with Gasteiger partial charge in [-0.25, -0.2) is 0 Å². The molecule has 23 heavy (non-hydrogen) atoms. The van der Waals surface area contributed by atoms with Crippen molar-refractivity contribution in [1.29, 1.82) is 0 Å². The number of hydrogen-bond acceptors (Lipinski definition) is 3. The lowest BCUT2D eigenvalue weighted by Crippen LogP contribution is -2.44. The number of fused-ring (bicyclic) bond motifs is 2. The molecule has 0 aliphatic heterocycles. The molecule has 0 radical (unpaired) electrons. The Morgan fingerprint density at radius 2 is 1.78 bits per heavy atom. The van der Waals surface area contributed by atoms with Crippen LogP contribution >= 0.6 is 0 Å². The van der Waals surface area contributed by atoms with Crippen molar-refractivity contribution in [3.63, 3.8) is 0 Å². The van der Waals surface area contributed by atoms with Crippen molar-refractivity contribution in [3.05, 3.63) is 0 Å². The molecular formula is C20H34O3. The van der Waals surface area contributed by atoms with Crippen LogP contribution in [0.2, 0.25) is 0 Å². The Balaban J connectivity index is 1.64. The standard InChI is InChI=1S/C20H34O3/c1-5-20(4,15-6-8-16(21)9-7-15)23-19(22)18-11-14-10-17(18)13(3)12(14)2/h12-18,21H,5-11H2,1-4H3. The van der Waals surface area contributed by atoms with Gasteiger partial charge in [-0.3, -0.25) is 4.79 Å². The van der Waals surface area contributed by atoms with Gasteiger partial charge in [0.15, 0.2) is 0 Å². The van der Waals surface area contributed by atoms with E-state index in [1.54, 1.807) is 0 Å². The van der Waals surface area contributed by atoms with Gasteiger partial charge in [-0.1, -0.05) is 20.8 Å². The summed E-state index contributed by atoms with van der Waals surface area (Å²) in [6.45, 7) is 8.91. The third-order valence-electron chi connectivity index (χ3n) is 7.80. The van der Waals surface area contributed by atoms with E-state index < -0.39 is 0 Å². The van der Waals surface area contributed by atoms with E-state index in [-0.39, 0.29) is 23.6 Å². The zero-order valence-corrected chi connectivity index (χ0v) is 15.3. The Morgan fingerprint density at radius 1 is 1.13 bits per heavy atom. The zero-order valence-electron chi connectivity index (χ0n) is 15.3. The van der Waals surface area contributed by atoms with Crippen molar-refractivity contribution in [1.82, 2.24) is 0 Å². The summed E-state index contributed by atoms with van der Waals surface area (Å²) in [4.78, 5) is 12.9. The van der Waals surface area contributed by atoms with E-state index in [2.05, 4.69) is 27.7 Å². The average molecular weight is 322 g/mol. The predicted molar refractivity (Wildman–Crippen MR) is 90.8 cm³/mol. The molecule has 0 aromatic heterocycles. The topological polar surface area (TPSA) is 46.5 Å². The molecule has 2 bridgehead atoms. The van der Waals surface area contributed by atoms with E-state index in [9.17, 15) is 9.90 Å². The molecule has 6 unspecified atom stereocenters. The summed E-state index contributed by atoms with van der Waals surface area (Å²) < 4.78 is 6.16.